The fourth-order valence-corrected chi connectivity index (χ4v) is 3.72. The molecule has 2 saturated heterocycles. The van der Waals surface area contributed by atoms with Gasteiger partial charge in [-0.15, -0.1) is 0 Å². The summed E-state index contributed by atoms with van der Waals surface area (Å²) in [7, 11) is 2.01. The largest absolute Gasteiger partial charge is 0.378 e. The van der Waals surface area contributed by atoms with Crippen LogP contribution in [-0.2, 0) is 11.3 Å². The second kappa shape index (κ2) is 8.08. The van der Waals surface area contributed by atoms with Crippen molar-refractivity contribution in [3.05, 3.63) is 29.6 Å². The lowest BCUT2D eigenvalue weighted by Gasteiger charge is -2.33. The predicted octanol–water partition coefficient (Wildman–Crippen LogP) is 2.09. The average Bonchev–Trinajstić information content (AvgIpc) is 2.56. The predicted molar refractivity (Wildman–Crippen MR) is 91.4 cm³/mol. The third kappa shape index (κ3) is 4.43. The Kier molecular flexibility index (Phi) is 5.86. The summed E-state index contributed by atoms with van der Waals surface area (Å²) >= 11 is 0. The molecule has 1 aromatic carbocycles. The molecular weight excluding hydrogens is 293 g/mol. The molecule has 0 radical (unpaired) electrons. The van der Waals surface area contributed by atoms with E-state index in [1.54, 1.807) is 6.07 Å². The van der Waals surface area contributed by atoms with Gasteiger partial charge < -0.3 is 15.0 Å². The number of rotatable bonds is 5. The number of benzene rings is 1. The number of likely N-dealkylation sites (tertiary alicyclic amines) is 1. The highest BCUT2D eigenvalue weighted by atomic mass is 19.1. The molecule has 0 aliphatic carbocycles. The van der Waals surface area contributed by atoms with E-state index in [4.69, 9.17) is 4.74 Å². The number of hydrogen-bond donors (Lipinski definition) is 1. The van der Waals surface area contributed by atoms with Gasteiger partial charge in [-0.2, -0.15) is 0 Å². The number of hydrogen-bond acceptors (Lipinski definition) is 4. The maximum absolute atomic E-state index is 14.5. The smallest absolute Gasteiger partial charge is 0.146 e. The topological polar surface area (TPSA) is 27.7 Å². The average molecular weight is 321 g/mol. The maximum Gasteiger partial charge on any atom is 0.146 e. The number of halogens is 1. The molecule has 1 N–H and O–H groups in total. The number of piperidine rings is 1. The number of morpholine rings is 1. The molecule has 1 aromatic rings. The van der Waals surface area contributed by atoms with E-state index in [1.807, 2.05) is 13.1 Å². The van der Waals surface area contributed by atoms with Crippen molar-refractivity contribution in [1.29, 1.82) is 0 Å². The molecule has 5 heteroatoms. The Morgan fingerprint density at radius 1 is 1.26 bits per heavy atom. The van der Waals surface area contributed by atoms with E-state index < -0.39 is 0 Å². The molecule has 2 aliphatic rings. The molecule has 1 atom stereocenters. The Labute approximate surface area is 138 Å². The highest BCUT2D eigenvalue weighted by molar-refractivity contribution is 5.49. The highest BCUT2D eigenvalue weighted by Gasteiger charge is 2.20. The van der Waals surface area contributed by atoms with Gasteiger partial charge in [0.1, 0.15) is 5.82 Å². The second-order valence-electron chi connectivity index (χ2n) is 6.69. The van der Waals surface area contributed by atoms with Crippen molar-refractivity contribution in [2.75, 3.05) is 57.9 Å². The first kappa shape index (κ1) is 16.7. The molecule has 2 heterocycles. The highest BCUT2D eigenvalue weighted by Crippen LogP contribution is 2.23. The summed E-state index contributed by atoms with van der Waals surface area (Å²) in [4.78, 5) is 4.53. The summed E-state index contributed by atoms with van der Waals surface area (Å²) in [6, 6.07) is 5.73. The molecule has 2 fully saturated rings. The third-order valence-corrected chi connectivity index (χ3v) is 4.87. The molecule has 3 rings (SSSR count). The Hall–Kier alpha value is -1.17. The molecule has 2 aliphatic heterocycles. The molecule has 128 valence electrons. The minimum Gasteiger partial charge on any atom is -0.378 e. The van der Waals surface area contributed by atoms with Crippen molar-refractivity contribution in [2.24, 2.45) is 5.92 Å². The second-order valence-corrected chi connectivity index (χ2v) is 6.69. The maximum atomic E-state index is 14.5. The molecule has 23 heavy (non-hydrogen) atoms. The fourth-order valence-electron chi connectivity index (χ4n) is 3.72. The van der Waals surface area contributed by atoms with Crippen molar-refractivity contribution in [2.45, 2.75) is 19.4 Å². The van der Waals surface area contributed by atoms with Crippen LogP contribution in [0.15, 0.2) is 18.2 Å². The Balaban J connectivity index is 1.61. The Bertz CT molecular complexity index is 503. The van der Waals surface area contributed by atoms with Crippen molar-refractivity contribution in [1.82, 2.24) is 10.2 Å². The molecule has 0 bridgehead atoms. The van der Waals surface area contributed by atoms with E-state index in [0.717, 1.165) is 44.8 Å². The first-order chi connectivity index (χ1) is 11.3. The zero-order valence-corrected chi connectivity index (χ0v) is 14.1. The summed E-state index contributed by atoms with van der Waals surface area (Å²) in [5.74, 6) is 0.611. The minimum absolute atomic E-state index is 0.104. The van der Waals surface area contributed by atoms with Crippen LogP contribution in [0, 0.1) is 11.7 Å². The van der Waals surface area contributed by atoms with Crippen LogP contribution in [0.25, 0.3) is 0 Å². The summed E-state index contributed by atoms with van der Waals surface area (Å²) in [6.07, 6.45) is 2.53. The van der Waals surface area contributed by atoms with Crippen molar-refractivity contribution in [3.8, 4) is 0 Å². The van der Waals surface area contributed by atoms with E-state index in [2.05, 4.69) is 21.2 Å². The monoisotopic (exact) mass is 321 g/mol. The number of nitrogens with zero attached hydrogens (tertiary/aromatic N) is 2. The van der Waals surface area contributed by atoms with Crippen LogP contribution in [0.2, 0.25) is 0 Å². The van der Waals surface area contributed by atoms with Crippen molar-refractivity contribution < 1.29 is 9.13 Å². The lowest BCUT2D eigenvalue weighted by molar-refractivity contribution is 0.122. The number of nitrogens with one attached hydrogen (secondary N) is 1. The van der Waals surface area contributed by atoms with Gasteiger partial charge in [-0.1, -0.05) is 6.07 Å². The van der Waals surface area contributed by atoms with Crippen LogP contribution >= 0.6 is 0 Å². The zero-order chi connectivity index (χ0) is 16.1. The number of anilines is 1. The van der Waals surface area contributed by atoms with Gasteiger partial charge in [0.05, 0.1) is 18.9 Å². The normalized spacial score (nSPS) is 23.2. The molecular formula is C18H28FN3O. The Morgan fingerprint density at radius 3 is 2.83 bits per heavy atom. The van der Waals surface area contributed by atoms with Gasteiger partial charge in [0, 0.05) is 26.2 Å². The van der Waals surface area contributed by atoms with Crippen LogP contribution in [0.4, 0.5) is 10.1 Å². The zero-order valence-electron chi connectivity index (χ0n) is 14.1. The van der Waals surface area contributed by atoms with E-state index in [-0.39, 0.29) is 5.82 Å². The molecule has 0 amide bonds. The van der Waals surface area contributed by atoms with Crippen LogP contribution in [0.1, 0.15) is 18.4 Å². The summed E-state index contributed by atoms with van der Waals surface area (Å²) in [5, 5.41) is 3.27. The molecule has 4 nitrogen and oxygen atoms in total. The van der Waals surface area contributed by atoms with Crippen LogP contribution in [0.5, 0.6) is 0 Å². The molecule has 0 saturated carbocycles. The van der Waals surface area contributed by atoms with Gasteiger partial charge >= 0.3 is 0 Å². The van der Waals surface area contributed by atoms with Crippen molar-refractivity contribution in [3.63, 3.8) is 0 Å². The lowest BCUT2D eigenvalue weighted by atomic mass is 9.97. The van der Waals surface area contributed by atoms with Gasteiger partial charge in [-0.25, -0.2) is 4.39 Å². The first-order valence-corrected chi connectivity index (χ1v) is 8.74. The standard InChI is InChI=1S/C18H28FN3O/c1-20-12-16-3-2-6-21(14-16)13-15-4-5-18(17(19)11-15)22-7-9-23-10-8-22/h4-5,11,16,20H,2-3,6-10,12-14H2,1H3. The summed E-state index contributed by atoms with van der Waals surface area (Å²) < 4.78 is 19.8. The fraction of sp³-hybridized carbons (Fsp3) is 0.667. The van der Waals surface area contributed by atoms with Crippen LogP contribution < -0.4 is 10.2 Å². The van der Waals surface area contributed by atoms with Crippen molar-refractivity contribution >= 4 is 5.69 Å². The first-order valence-electron chi connectivity index (χ1n) is 8.74. The van der Waals surface area contributed by atoms with Crippen LogP contribution in [0.3, 0.4) is 0 Å². The van der Waals surface area contributed by atoms with E-state index in [0.29, 0.717) is 24.8 Å². The molecule has 0 spiro atoms. The SMILES string of the molecule is CNCC1CCCN(Cc2ccc(N3CCOCC3)c(F)c2)C1. The number of ether oxygens (including phenoxy) is 1. The van der Waals surface area contributed by atoms with E-state index in [1.165, 1.54) is 12.8 Å². The van der Waals surface area contributed by atoms with E-state index >= 15 is 0 Å². The quantitative estimate of drug-likeness (QED) is 0.899. The van der Waals surface area contributed by atoms with Gasteiger partial charge in [-0.05, 0) is 56.6 Å². The van der Waals surface area contributed by atoms with Gasteiger partial charge in [-0.3, -0.25) is 4.90 Å². The third-order valence-electron chi connectivity index (χ3n) is 4.87. The summed E-state index contributed by atoms with van der Waals surface area (Å²) in [5.41, 5.74) is 1.79. The van der Waals surface area contributed by atoms with Gasteiger partial charge in [0.25, 0.3) is 0 Å². The van der Waals surface area contributed by atoms with Gasteiger partial charge in [0.2, 0.25) is 0 Å². The summed E-state index contributed by atoms with van der Waals surface area (Å²) in [6.45, 7) is 7.05. The molecule has 1 unspecified atom stereocenters. The lowest BCUT2D eigenvalue weighted by Crippen LogP contribution is -2.38. The van der Waals surface area contributed by atoms with Gasteiger partial charge in [0.15, 0.2) is 0 Å². The minimum atomic E-state index is -0.104. The van der Waals surface area contributed by atoms with Crippen LogP contribution in [-0.4, -0.2) is 57.9 Å². The van der Waals surface area contributed by atoms with E-state index in [9.17, 15) is 4.39 Å². The Morgan fingerprint density at radius 2 is 2.09 bits per heavy atom. The molecule has 0 aromatic heterocycles.